The molecule has 0 saturated carbocycles. The van der Waals surface area contributed by atoms with Gasteiger partial charge in [-0.3, -0.25) is 9.59 Å². The molecule has 0 aliphatic heterocycles. The second-order valence-electron chi connectivity index (χ2n) is 6.06. The standard InChI is InChI=1S/C20H16Cl2N4O2S2/c1-11(15-7-9-17(21)29-15)23-25-19(27)13-3-5-14(6-4-13)20(28)26-24-12(2)16-8-10-18(22)30-16/h3-10H,1-2H3,(H,25,27)(H,26,28)/b23-11+,24-12+. The summed E-state index contributed by atoms with van der Waals surface area (Å²) in [5.74, 6) is -0.764. The number of carbonyl (C=O) groups excluding carboxylic acids is 2. The molecule has 0 atom stereocenters. The normalized spacial score (nSPS) is 12.0. The van der Waals surface area contributed by atoms with Gasteiger partial charge in [-0.1, -0.05) is 23.2 Å². The maximum absolute atomic E-state index is 12.3. The Morgan fingerprint density at radius 1 is 0.700 bits per heavy atom. The molecular weight excluding hydrogens is 463 g/mol. The molecule has 1 aromatic carbocycles. The summed E-state index contributed by atoms with van der Waals surface area (Å²) < 4.78 is 1.30. The number of rotatable bonds is 6. The maximum atomic E-state index is 12.3. The lowest BCUT2D eigenvalue weighted by atomic mass is 10.1. The van der Waals surface area contributed by atoms with E-state index in [0.29, 0.717) is 31.2 Å². The van der Waals surface area contributed by atoms with E-state index in [1.807, 2.05) is 12.1 Å². The SMILES string of the molecule is C/C(=N\NC(=O)c1ccc(C(=O)N/N=C(\C)c2ccc(Cl)s2)cc1)c1ccc(Cl)s1. The number of nitrogens with one attached hydrogen (secondary N) is 2. The number of halogens is 2. The summed E-state index contributed by atoms with van der Waals surface area (Å²) >= 11 is 14.6. The molecule has 6 nitrogen and oxygen atoms in total. The van der Waals surface area contributed by atoms with Gasteiger partial charge in [0.25, 0.3) is 11.8 Å². The first-order valence-corrected chi connectivity index (χ1v) is 11.0. The van der Waals surface area contributed by atoms with E-state index in [4.69, 9.17) is 23.2 Å². The number of hydrogen-bond acceptors (Lipinski definition) is 6. The third-order valence-corrected chi connectivity index (χ3v) is 6.60. The fraction of sp³-hybridized carbons (Fsp3) is 0.100. The van der Waals surface area contributed by atoms with Gasteiger partial charge in [0.05, 0.1) is 29.9 Å². The molecule has 2 amide bonds. The highest BCUT2D eigenvalue weighted by Gasteiger charge is 2.10. The van der Waals surface area contributed by atoms with Crippen molar-refractivity contribution in [3.63, 3.8) is 0 Å². The van der Waals surface area contributed by atoms with Crippen LogP contribution in [0, 0.1) is 0 Å². The maximum Gasteiger partial charge on any atom is 0.271 e. The van der Waals surface area contributed by atoms with Gasteiger partial charge >= 0.3 is 0 Å². The van der Waals surface area contributed by atoms with Crippen LogP contribution < -0.4 is 10.9 Å². The minimum absolute atomic E-state index is 0.375. The van der Waals surface area contributed by atoms with Crippen LogP contribution in [0.2, 0.25) is 8.67 Å². The van der Waals surface area contributed by atoms with E-state index in [2.05, 4.69) is 21.1 Å². The molecule has 0 unspecified atom stereocenters. The van der Waals surface area contributed by atoms with E-state index >= 15 is 0 Å². The van der Waals surface area contributed by atoms with E-state index in [-0.39, 0.29) is 11.8 Å². The Morgan fingerprint density at radius 3 is 1.37 bits per heavy atom. The van der Waals surface area contributed by atoms with Gasteiger partial charge < -0.3 is 0 Å². The molecular formula is C20H16Cl2N4O2S2. The molecule has 0 bridgehead atoms. The van der Waals surface area contributed by atoms with Crippen LogP contribution in [0.1, 0.15) is 44.3 Å². The van der Waals surface area contributed by atoms with E-state index in [1.165, 1.54) is 22.7 Å². The van der Waals surface area contributed by atoms with Crippen LogP contribution in [-0.2, 0) is 0 Å². The molecule has 0 saturated heterocycles. The summed E-state index contributed by atoms with van der Waals surface area (Å²) in [4.78, 5) is 26.3. The number of benzene rings is 1. The molecule has 3 aromatic rings. The Labute approximate surface area is 191 Å². The number of carbonyl (C=O) groups is 2. The number of amides is 2. The zero-order valence-electron chi connectivity index (χ0n) is 15.9. The average molecular weight is 479 g/mol. The molecule has 0 radical (unpaired) electrons. The lowest BCUT2D eigenvalue weighted by Crippen LogP contribution is -2.21. The number of hydrogen-bond donors (Lipinski definition) is 2. The zero-order chi connectivity index (χ0) is 21.7. The van der Waals surface area contributed by atoms with Crippen molar-refractivity contribution in [3.05, 3.63) is 78.1 Å². The van der Waals surface area contributed by atoms with Crippen LogP contribution in [0.3, 0.4) is 0 Å². The van der Waals surface area contributed by atoms with Crippen LogP contribution in [0.15, 0.2) is 58.7 Å². The van der Waals surface area contributed by atoms with Crippen LogP contribution >= 0.6 is 45.9 Å². The summed E-state index contributed by atoms with van der Waals surface area (Å²) in [5.41, 5.74) is 7.04. The molecule has 154 valence electrons. The van der Waals surface area contributed by atoms with Crippen molar-refractivity contribution in [1.82, 2.24) is 10.9 Å². The van der Waals surface area contributed by atoms with Gasteiger partial charge in [-0.25, -0.2) is 10.9 Å². The molecule has 0 fully saturated rings. The lowest BCUT2D eigenvalue weighted by molar-refractivity contribution is 0.0943. The van der Waals surface area contributed by atoms with Gasteiger partial charge in [0.15, 0.2) is 0 Å². The summed E-state index contributed by atoms with van der Waals surface area (Å²) in [6.07, 6.45) is 0. The highest BCUT2D eigenvalue weighted by Crippen LogP contribution is 2.22. The van der Waals surface area contributed by atoms with E-state index in [1.54, 1.807) is 50.2 Å². The monoisotopic (exact) mass is 478 g/mol. The Balaban J connectivity index is 1.59. The molecule has 30 heavy (non-hydrogen) atoms. The van der Waals surface area contributed by atoms with E-state index < -0.39 is 0 Å². The van der Waals surface area contributed by atoms with Gasteiger partial charge in [0.1, 0.15) is 0 Å². The minimum atomic E-state index is -0.382. The first kappa shape index (κ1) is 22.2. The molecule has 3 rings (SSSR count). The van der Waals surface area contributed by atoms with Crippen molar-refractivity contribution in [2.75, 3.05) is 0 Å². The second-order valence-corrected chi connectivity index (χ2v) is 9.49. The van der Waals surface area contributed by atoms with Crippen molar-refractivity contribution in [2.24, 2.45) is 10.2 Å². The van der Waals surface area contributed by atoms with Gasteiger partial charge in [0, 0.05) is 11.1 Å². The second kappa shape index (κ2) is 9.99. The number of hydrazone groups is 2. The predicted octanol–water partition coefficient (Wildman–Crippen LogP) is 5.42. The van der Waals surface area contributed by atoms with Crippen LogP contribution in [0.5, 0.6) is 0 Å². The van der Waals surface area contributed by atoms with Gasteiger partial charge in [-0.2, -0.15) is 10.2 Å². The first-order valence-electron chi connectivity index (χ1n) is 8.64. The molecule has 2 heterocycles. The fourth-order valence-electron chi connectivity index (χ4n) is 2.30. The predicted molar refractivity (Wildman–Crippen MR) is 124 cm³/mol. The van der Waals surface area contributed by atoms with Gasteiger partial charge in [-0.15, -0.1) is 22.7 Å². The molecule has 0 spiro atoms. The largest absolute Gasteiger partial charge is 0.271 e. The van der Waals surface area contributed by atoms with Crippen molar-refractivity contribution in [3.8, 4) is 0 Å². The van der Waals surface area contributed by atoms with Crippen LogP contribution in [0.25, 0.3) is 0 Å². The molecule has 0 aliphatic rings. The third-order valence-electron chi connectivity index (χ3n) is 3.92. The topological polar surface area (TPSA) is 82.9 Å². The molecule has 0 aliphatic carbocycles. The van der Waals surface area contributed by atoms with E-state index in [9.17, 15) is 9.59 Å². The highest BCUT2D eigenvalue weighted by atomic mass is 35.5. The van der Waals surface area contributed by atoms with Crippen molar-refractivity contribution in [1.29, 1.82) is 0 Å². The molecule has 10 heteroatoms. The summed E-state index contributed by atoms with van der Waals surface area (Å²) in [6.45, 7) is 3.56. The fourth-order valence-corrected chi connectivity index (χ4v) is 4.27. The quantitative estimate of drug-likeness (QED) is 0.365. The number of thiophene rings is 2. The first-order chi connectivity index (χ1) is 14.3. The smallest absolute Gasteiger partial charge is 0.267 e. The van der Waals surface area contributed by atoms with Crippen molar-refractivity contribution in [2.45, 2.75) is 13.8 Å². The summed E-state index contributed by atoms with van der Waals surface area (Å²) in [7, 11) is 0. The van der Waals surface area contributed by atoms with Crippen LogP contribution in [-0.4, -0.2) is 23.2 Å². The summed E-state index contributed by atoms with van der Waals surface area (Å²) in [5, 5.41) is 8.17. The summed E-state index contributed by atoms with van der Waals surface area (Å²) in [6, 6.07) is 13.4. The van der Waals surface area contributed by atoms with Crippen molar-refractivity contribution < 1.29 is 9.59 Å². The lowest BCUT2D eigenvalue weighted by Gasteiger charge is -2.04. The average Bonchev–Trinajstić information content (AvgIpc) is 3.38. The van der Waals surface area contributed by atoms with Crippen LogP contribution in [0.4, 0.5) is 0 Å². The number of nitrogens with zero attached hydrogens (tertiary/aromatic N) is 2. The third kappa shape index (κ3) is 5.76. The van der Waals surface area contributed by atoms with E-state index in [0.717, 1.165) is 9.75 Å². The zero-order valence-corrected chi connectivity index (χ0v) is 19.0. The molecule has 2 aromatic heterocycles. The molecule has 2 N–H and O–H groups in total. The minimum Gasteiger partial charge on any atom is -0.267 e. The van der Waals surface area contributed by atoms with Crippen molar-refractivity contribution >= 4 is 69.1 Å². The Bertz CT molecular complexity index is 1040. The van der Waals surface area contributed by atoms with Gasteiger partial charge in [0.2, 0.25) is 0 Å². The van der Waals surface area contributed by atoms with Gasteiger partial charge in [-0.05, 0) is 62.4 Å². The Kier molecular flexibility index (Phi) is 7.38. The highest BCUT2D eigenvalue weighted by molar-refractivity contribution is 7.18. The Hall–Kier alpha value is -2.52. The Morgan fingerprint density at radius 2 is 1.07 bits per heavy atom.